The van der Waals surface area contributed by atoms with Crippen LogP contribution in [-0.2, 0) is 10.8 Å². The summed E-state index contributed by atoms with van der Waals surface area (Å²) in [4.78, 5) is 10.3. The number of fused-ring (bicyclic) bond motifs is 7. The van der Waals surface area contributed by atoms with Crippen molar-refractivity contribution in [2.75, 3.05) is 9.80 Å². The molecular formula is C63H49N3. The third kappa shape index (κ3) is 6.45. The molecule has 0 saturated carbocycles. The molecule has 0 bridgehead atoms. The zero-order chi connectivity index (χ0) is 44.6. The smallest absolute Gasteiger partial charge is 0.0750 e. The van der Waals surface area contributed by atoms with Crippen molar-refractivity contribution in [3.63, 3.8) is 0 Å². The highest BCUT2D eigenvalue weighted by molar-refractivity contribution is 5.91. The van der Waals surface area contributed by atoms with Gasteiger partial charge in [-0.2, -0.15) is 0 Å². The summed E-state index contributed by atoms with van der Waals surface area (Å²) in [7, 11) is 0. The fourth-order valence-corrected chi connectivity index (χ4v) is 10.6. The van der Waals surface area contributed by atoms with E-state index in [4.69, 9.17) is 4.98 Å². The summed E-state index contributed by atoms with van der Waals surface area (Å²) in [6.45, 7) is 9.41. The Bertz CT molecular complexity index is 3410. The van der Waals surface area contributed by atoms with Crippen LogP contribution in [0.5, 0.6) is 0 Å². The van der Waals surface area contributed by atoms with Crippen LogP contribution in [-0.4, -0.2) is 4.98 Å². The number of hydrogen-bond donors (Lipinski definition) is 0. The number of pyridine rings is 1. The van der Waals surface area contributed by atoms with Gasteiger partial charge >= 0.3 is 0 Å². The van der Waals surface area contributed by atoms with E-state index in [-0.39, 0.29) is 10.8 Å². The molecule has 0 amide bonds. The second kappa shape index (κ2) is 15.3. The van der Waals surface area contributed by atoms with Crippen LogP contribution in [0.3, 0.4) is 0 Å². The van der Waals surface area contributed by atoms with Gasteiger partial charge in [0.1, 0.15) is 0 Å². The van der Waals surface area contributed by atoms with Gasteiger partial charge < -0.3 is 9.80 Å². The molecule has 2 aliphatic rings. The summed E-state index contributed by atoms with van der Waals surface area (Å²) in [5.74, 6) is 0. The van der Waals surface area contributed by atoms with E-state index in [0.29, 0.717) is 0 Å². The van der Waals surface area contributed by atoms with E-state index in [1.54, 1.807) is 0 Å². The molecule has 0 fully saturated rings. The SMILES string of the molecule is CC1(C)c2cc(-c3ccc(N(c4ccccc4)c4ccccc4)cc3)ccc2-c2nc3c(cc21)-c1ccc(-c2ccc(N(c4ccccc4)c4ccc5ccccc5c4)cc2)cc1C3(C)C. The van der Waals surface area contributed by atoms with Crippen molar-refractivity contribution in [1.82, 2.24) is 4.98 Å². The second-order valence-corrected chi connectivity index (χ2v) is 18.9. The third-order valence-corrected chi connectivity index (χ3v) is 14.2. The first kappa shape index (κ1) is 39.6. The van der Waals surface area contributed by atoms with E-state index < -0.39 is 0 Å². The molecular weight excluding hydrogens is 799 g/mol. The molecule has 3 nitrogen and oxygen atoms in total. The van der Waals surface area contributed by atoms with Crippen molar-refractivity contribution in [3.05, 3.63) is 247 Å². The lowest BCUT2D eigenvalue weighted by atomic mass is 9.81. The van der Waals surface area contributed by atoms with Gasteiger partial charge in [0.2, 0.25) is 0 Å². The predicted octanol–water partition coefficient (Wildman–Crippen LogP) is 17.1. The number of aromatic nitrogens is 1. The first-order chi connectivity index (χ1) is 32.2. The molecule has 1 aromatic heterocycles. The van der Waals surface area contributed by atoms with Crippen molar-refractivity contribution in [1.29, 1.82) is 0 Å². The largest absolute Gasteiger partial charge is 0.311 e. The highest BCUT2D eigenvalue weighted by Gasteiger charge is 2.43. The number of benzene rings is 9. The predicted molar refractivity (Wildman–Crippen MR) is 277 cm³/mol. The lowest BCUT2D eigenvalue weighted by molar-refractivity contribution is 0.632. The van der Waals surface area contributed by atoms with Crippen LogP contribution >= 0.6 is 0 Å². The van der Waals surface area contributed by atoms with Crippen LogP contribution in [0.1, 0.15) is 50.1 Å². The highest BCUT2D eigenvalue weighted by Crippen LogP contribution is 2.55. The average molecular weight is 848 g/mol. The Labute approximate surface area is 387 Å². The summed E-state index contributed by atoms with van der Waals surface area (Å²) in [6.07, 6.45) is 0. The lowest BCUT2D eigenvalue weighted by Gasteiger charge is -2.26. The Morgan fingerprint density at radius 2 is 0.727 bits per heavy atom. The molecule has 0 unspecified atom stereocenters. The van der Waals surface area contributed by atoms with Crippen molar-refractivity contribution in [2.45, 2.75) is 38.5 Å². The minimum atomic E-state index is -0.266. The van der Waals surface area contributed by atoms with E-state index in [1.807, 2.05) is 0 Å². The van der Waals surface area contributed by atoms with Crippen molar-refractivity contribution >= 4 is 44.9 Å². The summed E-state index contributed by atoms with van der Waals surface area (Å²) in [5, 5.41) is 2.46. The minimum Gasteiger partial charge on any atom is -0.311 e. The number of hydrogen-bond acceptors (Lipinski definition) is 3. The molecule has 66 heavy (non-hydrogen) atoms. The van der Waals surface area contributed by atoms with Crippen molar-refractivity contribution < 1.29 is 0 Å². The molecule has 0 saturated heterocycles. The summed E-state index contributed by atoms with van der Waals surface area (Å²) in [5.41, 5.74) is 21.1. The van der Waals surface area contributed by atoms with Gasteiger partial charge in [-0.15, -0.1) is 0 Å². The van der Waals surface area contributed by atoms with Gasteiger partial charge in [0.25, 0.3) is 0 Å². The van der Waals surface area contributed by atoms with Gasteiger partial charge in [-0.25, -0.2) is 0 Å². The highest BCUT2D eigenvalue weighted by atomic mass is 15.1. The topological polar surface area (TPSA) is 19.4 Å². The van der Waals surface area contributed by atoms with Gasteiger partial charge in [-0.1, -0.05) is 161 Å². The normalized spacial score (nSPS) is 13.7. The average Bonchev–Trinajstić information content (AvgIpc) is 3.72. The quantitative estimate of drug-likeness (QED) is 0.152. The Kier molecular flexibility index (Phi) is 9.19. The summed E-state index contributed by atoms with van der Waals surface area (Å²) < 4.78 is 0. The number of para-hydroxylation sites is 3. The van der Waals surface area contributed by atoms with Crippen LogP contribution in [0.25, 0.3) is 55.4 Å². The van der Waals surface area contributed by atoms with Gasteiger partial charge in [0.15, 0.2) is 0 Å². The molecule has 2 aliphatic carbocycles. The molecule has 0 N–H and O–H groups in total. The fraction of sp³-hybridized carbons (Fsp3) is 0.0952. The van der Waals surface area contributed by atoms with Crippen LogP contribution in [0.15, 0.2) is 224 Å². The number of anilines is 6. The molecule has 0 spiro atoms. The summed E-state index contributed by atoms with van der Waals surface area (Å²) >= 11 is 0. The van der Waals surface area contributed by atoms with E-state index >= 15 is 0 Å². The first-order valence-electron chi connectivity index (χ1n) is 23.0. The van der Waals surface area contributed by atoms with Gasteiger partial charge in [0.05, 0.1) is 11.4 Å². The van der Waals surface area contributed by atoms with E-state index in [0.717, 1.165) is 45.5 Å². The van der Waals surface area contributed by atoms with E-state index in [2.05, 4.69) is 262 Å². The van der Waals surface area contributed by atoms with E-state index in [1.165, 1.54) is 66.4 Å². The number of nitrogens with zero attached hydrogens (tertiary/aromatic N) is 3. The van der Waals surface area contributed by atoms with Crippen molar-refractivity contribution in [3.8, 4) is 44.6 Å². The maximum absolute atomic E-state index is 5.63. The molecule has 0 radical (unpaired) electrons. The molecule has 1 heterocycles. The van der Waals surface area contributed by atoms with Crippen LogP contribution in [0.2, 0.25) is 0 Å². The zero-order valence-corrected chi connectivity index (χ0v) is 37.7. The van der Waals surface area contributed by atoms with Crippen LogP contribution in [0, 0.1) is 0 Å². The Balaban J connectivity index is 0.845. The van der Waals surface area contributed by atoms with Crippen LogP contribution in [0.4, 0.5) is 34.1 Å². The Morgan fingerprint density at radius 1 is 0.303 bits per heavy atom. The van der Waals surface area contributed by atoms with Crippen LogP contribution < -0.4 is 9.80 Å². The van der Waals surface area contributed by atoms with Crippen molar-refractivity contribution in [2.24, 2.45) is 0 Å². The Morgan fingerprint density at radius 3 is 1.27 bits per heavy atom. The maximum atomic E-state index is 5.63. The molecule has 0 aliphatic heterocycles. The Hall–Kier alpha value is -8.01. The van der Waals surface area contributed by atoms with Gasteiger partial charge in [0, 0.05) is 56.1 Å². The summed E-state index contributed by atoms with van der Waals surface area (Å²) in [6, 6.07) is 81.6. The van der Waals surface area contributed by atoms with Gasteiger partial charge in [-0.3, -0.25) is 4.98 Å². The molecule has 9 aromatic carbocycles. The molecule has 316 valence electrons. The zero-order valence-electron chi connectivity index (χ0n) is 37.7. The maximum Gasteiger partial charge on any atom is 0.0750 e. The molecule has 12 rings (SSSR count). The molecule has 0 atom stereocenters. The number of rotatable bonds is 8. The molecule has 3 heteroatoms. The second-order valence-electron chi connectivity index (χ2n) is 18.9. The minimum absolute atomic E-state index is 0.213. The monoisotopic (exact) mass is 847 g/mol. The molecule has 10 aromatic rings. The third-order valence-electron chi connectivity index (χ3n) is 14.2. The fourth-order valence-electron chi connectivity index (χ4n) is 10.6. The first-order valence-corrected chi connectivity index (χ1v) is 23.0. The standard InChI is InChI=1S/C63H49N3/c1-62(2)58-40-47(44-24-31-51(32-25-44)65(48-18-8-5-9-19-48)49-20-10-6-11-21-49)30-37-55(58)60-59(62)41-56-54-36-29-46(39-57(54)63(3,4)61(56)64-60)43-26-33-52(34-27-43)66(50-22-12-7-13-23-50)53-35-28-42-16-14-15-17-45(42)38-53/h5-41H,1-4H3. The van der Waals surface area contributed by atoms with Gasteiger partial charge in [-0.05, 0) is 146 Å². The van der Waals surface area contributed by atoms with E-state index in [9.17, 15) is 0 Å². The lowest BCUT2D eigenvalue weighted by Crippen LogP contribution is -2.18.